The van der Waals surface area contributed by atoms with E-state index in [4.69, 9.17) is 0 Å². The Balaban J connectivity index is 1.55. The average molecular weight is 415 g/mol. The highest BCUT2D eigenvalue weighted by atomic mass is 16.3. The molecule has 0 aromatic carbocycles. The van der Waals surface area contributed by atoms with Gasteiger partial charge in [0.1, 0.15) is 0 Å². The van der Waals surface area contributed by atoms with Gasteiger partial charge in [0, 0.05) is 6.42 Å². The zero-order valence-electron chi connectivity index (χ0n) is 19.6. The first kappa shape index (κ1) is 22.3. The first-order valence-electron chi connectivity index (χ1n) is 12.3. The monoisotopic (exact) mass is 414 g/mol. The van der Waals surface area contributed by atoms with Crippen LogP contribution in [0, 0.1) is 46.3 Å². The Hall–Kier alpha value is -0.930. The van der Waals surface area contributed by atoms with Gasteiger partial charge in [0.2, 0.25) is 0 Å². The molecule has 10 atom stereocenters. The minimum atomic E-state index is -0.775. The summed E-state index contributed by atoms with van der Waals surface area (Å²) in [5.41, 5.74) is 1.48. The van der Waals surface area contributed by atoms with Gasteiger partial charge in [-0.1, -0.05) is 38.5 Å². The molecule has 168 valence electrons. The van der Waals surface area contributed by atoms with Crippen molar-refractivity contribution in [3.8, 4) is 0 Å². The number of fused-ring (bicyclic) bond motifs is 5. The van der Waals surface area contributed by atoms with Crippen LogP contribution in [0.25, 0.3) is 0 Å². The summed E-state index contributed by atoms with van der Waals surface area (Å²) in [7, 11) is 0. The second-order valence-electron chi connectivity index (χ2n) is 11.8. The maximum atomic E-state index is 12.0. The summed E-state index contributed by atoms with van der Waals surface area (Å²) < 4.78 is 0. The lowest BCUT2D eigenvalue weighted by Crippen LogP contribution is -2.53. The van der Waals surface area contributed by atoms with Crippen LogP contribution in [0.3, 0.4) is 0 Å². The van der Waals surface area contributed by atoms with Gasteiger partial charge in [0.25, 0.3) is 0 Å². The maximum absolute atomic E-state index is 12.0. The van der Waals surface area contributed by atoms with Gasteiger partial charge >= 0.3 is 0 Å². The summed E-state index contributed by atoms with van der Waals surface area (Å²) in [4.78, 5) is 12.0. The number of rotatable bonds is 4. The first-order chi connectivity index (χ1) is 14.1. The average Bonchev–Trinajstić information content (AvgIpc) is 3.04. The van der Waals surface area contributed by atoms with E-state index in [0.717, 1.165) is 17.9 Å². The van der Waals surface area contributed by atoms with Crippen LogP contribution in [0.4, 0.5) is 0 Å². The van der Waals surface area contributed by atoms with Crippen LogP contribution in [-0.2, 0) is 4.79 Å². The number of aliphatic hydroxyl groups excluding tert-OH is 2. The third kappa shape index (κ3) is 3.45. The van der Waals surface area contributed by atoms with Crippen LogP contribution in [0.1, 0.15) is 79.6 Å². The molecule has 2 N–H and O–H groups in total. The standard InChI is InChI=1S/C27H42O3/c1-16(2)14-24(29)25(30)17(3)21-8-9-22-20-7-6-18-15-19(28)10-12-26(18,4)23(20)11-13-27(21,22)5/h10,12,14,17-18,20-25,29-30H,6-9,11,13,15H2,1-5H3/t17-,18?,20-,21+,22-,23-,24?,25?,26-,27+/m0/s1. The molecule has 4 aliphatic rings. The minimum Gasteiger partial charge on any atom is -0.390 e. The van der Waals surface area contributed by atoms with Crippen LogP contribution in [0.15, 0.2) is 23.8 Å². The highest BCUT2D eigenvalue weighted by molar-refractivity contribution is 5.91. The van der Waals surface area contributed by atoms with Crippen LogP contribution in [0.5, 0.6) is 0 Å². The van der Waals surface area contributed by atoms with E-state index in [1.165, 1.54) is 38.5 Å². The predicted molar refractivity (Wildman–Crippen MR) is 121 cm³/mol. The lowest BCUT2D eigenvalue weighted by Gasteiger charge is -2.59. The van der Waals surface area contributed by atoms with Gasteiger partial charge < -0.3 is 10.2 Å². The van der Waals surface area contributed by atoms with Crippen molar-refractivity contribution in [3.05, 3.63) is 23.8 Å². The van der Waals surface area contributed by atoms with E-state index in [9.17, 15) is 15.0 Å². The van der Waals surface area contributed by atoms with Gasteiger partial charge in [-0.25, -0.2) is 0 Å². The zero-order valence-corrected chi connectivity index (χ0v) is 19.6. The lowest BCUT2D eigenvalue weighted by atomic mass is 9.45. The normalized spacial score (nSPS) is 45.7. The number of aliphatic hydroxyl groups is 2. The highest BCUT2D eigenvalue weighted by Gasteiger charge is 2.60. The van der Waals surface area contributed by atoms with Crippen molar-refractivity contribution in [1.82, 2.24) is 0 Å². The lowest BCUT2D eigenvalue weighted by molar-refractivity contribution is -0.124. The van der Waals surface area contributed by atoms with Crippen molar-refractivity contribution in [1.29, 1.82) is 0 Å². The number of ketones is 1. The fourth-order valence-electron chi connectivity index (χ4n) is 8.53. The molecule has 30 heavy (non-hydrogen) atoms. The van der Waals surface area contributed by atoms with Gasteiger partial charge in [-0.15, -0.1) is 0 Å². The molecule has 3 nitrogen and oxygen atoms in total. The molecule has 0 aromatic rings. The predicted octanol–water partition coefficient (Wildman–Crippen LogP) is 5.31. The number of hydrogen-bond acceptors (Lipinski definition) is 3. The largest absolute Gasteiger partial charge is 0.390 e. The summed E-state index contributed by atoms with van der Waals surface area (Å²) in [5.74, 6) is 3.54. The summed E-state index contributed by atoms with van der Waals surface area (Å²) in [6.07, 6.45) is 12.5. The van der Waals surface area contributed by atoms with E-state index < -0.39 is 12.2 Å². The van der Waals surface area contributed by atoms with Crippen molar-refractivity contribution in [2.75, 3.05) is 0 Å². The SMILES string of the molecule is CC(C)=CC(O)C(O)[C@@H](C)[C@H]1CC[C@H]2[C@@H]3CCC4CC(=O)C=C[C@]4(C)[C@H]3CC[C@]12C. The van der Waals surface area contributed by atoms with Crippen molar-refractivity contribution >= 4 is 5.78 Å². The number of hydrogen-bond donors (Lipinski definition) is 2. The Labute approximate surface area is 183 Å². The molecule has 0 amide bonds. The van der Waals surface area contributed by atoms with Gasteiger partial charge in [0.05, 0.1) is 12.2 Å². The Kier molecular flexibility index (Phi) is 5.85. The van der Waals surface area contributed by atoms with Crippen molar-refractivity contribution < 1.29 is 15.0 Å². The van der Waals surface area contributed by atoms with E-state index in [0.29, 0.717) is 29.5 Å². The molecule has 0 spiro atoms. The summed E-state index contributed by atoms with van der Waals surface area (Å²) in [5, 5.41) is 21.4. The first-order valence-corrected chi connectivity index (χ1v) is 12.3. The van der Waals surface area contributed by atoms with Gasteiger partial charge in [-0.2, -0.15) is 0 Å². The van der Waals surface area contributed by atoms with Crippen molar-refractivity contribution in [2.45, 2.75) is 91.8 Å². The topological polar surface area (TPSA) is 57.5 Å². The third-order valence-electron chi connectivity index (χ3n) is 10.1. The van der Waals surface area contributed by atoms with Crippen LogP contribution >= 0.6 is 0 Å². The van der Waals surface area contributed by atoms with Crippen LogP contribution in [-0.4, -0.2) is 28.2 Å². The Morgan fingerprint density at radius 2 is 1.83 bits per heavy atom. The van der Waals surface area contributed by atoms with Crippen LogP contribution < -0.4 is 0 Å². The van der Waals surface area contributed by atoms with E-state index in [2.05, 4.69) is 26.8 Å². The molecule has 0 heterocycles. The molecule has 0 radical (unpaired) electrons. The van der Waals surface area contributed by atoms with E-state index in [-0.39, 0.29) is 16.7 Å². The highest BCUT2D eigenvalue weighted by Crippen LogP contribution is 2.67. The van der Waals surface area contributed by atoms with Crippen LogP contribution in [0.2, 0.25) is 0 Å². The van der Waals surface area contributed by atoms with E-state index in [1.54, 1.807) is 6.08 Å². The number of carbonyl (C=O) groups is 1. The van der Waals surface area contributed by atoms with Crippen molar-refractivity contribution in [2.24, 2.45) is 46.3 Å². The van der Waals surface area contributed by atoms with E-state index in [1.807, 2.05) is 19.9 Å². The molecule has 4 aliphatic carbocycles. The Morgan fingerprint density at radius 3 is 2.53 bits per heavy atom. The summed E-state index contributed by atoms with van der Waals surface area (Å²) in [6.45, 7) is 11.0. The molecule has 0 aromatic heterocycles. The molecule has 4 rings (SSSR count). The molecular formula is C27H42O3. The van der Waals surface area contributed by atoms with Gasteiger partial charge in [-0.3, -0.25) is 4.79 Å². The second-order valence-corrected chi connectivity index (χ2v) is 11.8. The second kappa shape index (κ2) is 7.89. The number of carbonyl (C=O) groups excluding carboxylic acids is 1. The molecule has 3 heteroatoms. The Bertz CT molecular complexity index is 734. The summed E-state index contributed by atoms with van der Waals surface area (Å²) >= 11 is 0. The van der Waals surface area contributed by atoms with Crippen molar-refractivity contribution in [3.63, 3.8) is 0 Å². The Morgan fingerprint density at radius 1 is 1.10 bits per heavy atom. The zero-order chi connectivity index (χ0) is 21.8. The molecule has 3 unspecified atom stereocenters. The molecule has 0 bridgehead atoms. The fourth-order valence-corrected chi connectivity index (χ4v) is 8.53. The third-order valence-corrected chi connectivity index (χ3v) is 10.1. The van der Waals surface area contributed by atoms with E-state index >= 15 is 0 Å². The smallest absolute Gasteiger partial charge is 0.155 e. The maximum Gasteiger partial charge on any atom is 0.155 e. The quantitative estimate of drug-likeness (QED) is 0.613. The molecule has 3 saturated carbocycles. The summed E-state index contributed by atoms with van der Waals surface area (Å²) in [6, 6.07) is 0. The van der Waals surface area contributed by atoms with Gasteiger partial charge in [-0.05, 0) is 105 Å². The number of allylic oxidation sites excluding steroid dienone is 3. The van der Waals surface area contributed by atoms with Gasteiger partial charge in [0.15, 0.2) is 5.78 Å². The minimum absolute atomic E-state index is 0.0984. The molecular weight excluding hydrogens is 372 g/mol. The fraction of sp³-hybridized carbons (Fsp3) is 0.815. The molecule has 0 aliphatic heterocycles. The molecule has 0 saturated heterocycles. The molecule has 3 fully saturated rings.